The van der Waals surface area contributed by atoms with Crippen molar-refractivity contribution >= 4 is 35.6 Å². The van der Waals surface area contributed by atoms with Gasteiger partial charge in [0.05, 0.1) is 19.3 Å². The summed E-state index contributed by atoms with van der Waals surface area (Å²) in [5.41, 5.74) is 12.7. The number of halogens is 1. The first-order valence-electron chi connectivity index (χ1n) is 10.8. The van der Waals surface area contributed by atoms with E-state index in [2.05, 4.69) is 64.6 Å². The van der Waals surface area contributed by atoms with Crippen molar-refractivity contribution in [3.05, 3.63) is 64.7 Å². The molecule has 2 aromatic rings. The zero-order chi connectivity index (χ0) is 20.1. The lowest BCUT2D eigenvalue weighted by molar-refractivity contribution is -0.0212. The molecule has 162 valence electrons. The van der Waals surface area contributed by atoms with Crippen molar-refractivity contribution < 1.29 is 4.74 Å². The maximum atomic E-state index is 6.21. The van der Waals surface area contributed by atoms with Crippen LogP contribution in [0.4, 0.5) is 5.69 Å². The minimum Gasteiger partial charge on any atom is -0.376 e. The number of ether oxygens (including phenoxy) is 1. The molecule has 3 N–H and O–H groups in total. The second-order valence-corrected chi connectivity index (χ2v) is 8.21. The minimum absolute atomic E-state index is 0. The topological polar surface area (TPSA) is 62.9 Å². The van der Waals surface area contributed by atoms with Crippen molar-refractivity contribution in [2.24, 2.45) is 10.7 Å². The number of aliphatic imine (C=N–C) groups is 1. The molecule has 6 heteroatoms. The summed E-state index contributed by atoms with van der Waals surface area (Å²) < 4.78 is 5.64. The molecule has 0 saturated carbocycles. The number of nitrogens with two attached hydrogens (primary N) is 1. The van der Waals surface area contributed by atoms with Gasteiger partial charge in [-0.15, -0.1) is 24.0 Å². The van der Waals surface area contributed by atoms with Crippen molar-refractivity contribution in [2.75, 3.05) is 25.0 Å². The van der Waals surface area contributed by atoms with E-state index in [0.29, 0.717) is 18.6 Å². The molecule has 5 nitrogen and oxygen atoms in total. The fraction of sp³-hybridized carbons (Fsp3) is 0.458. The number of morpholine rings is 1. The van der Waals surface area contributed by atoms with Crippen LogP contribution in [0.15, 0.2) is 47.5 Å². The second kappa shape index (κ2) is 11.1. The molecule has 4 rings (SSSR count). The summed E-state index contributed by atoms with van der Waals surface area (Å²) >= 11 is 0. The average Bonchev–Trinajstić information content (AvgIpc) is 2.73. The number of nitrogens with one attached hydrogen (secondary N) is 1. The third-order valence-corrected chi connectivity index (χ3v) is 5.81. The first-order valence-corrected chi connectivity index (χ1v) is 10.8. The van der Waals surface area contributed by atoms with Gasteiger partial charge >= 0.3 is 0 Å². The maximum absolute atomic E-state index is 6.21. The Balaban J connectivity index is 0.00000256. The predicted molar refractivity (Wildman–Crippen MR) is 135 cm³/mol. The summed E-state index contributed by atoms with van der Waals surface area (Å²) in [6.45, 7) is 6.47. The molecule has 0 aromatic heterocycles. The molecule has 0 amide bonds. The smallest absolute Gasteiger partial charge is 0.193 e. The highest BCUT2D eigenvalue weighted by Gasteiger charge is 2.16. The molecule has 2 aromatic carbocycles. The molecule has 1 fully saturated rings. The van der Waals surface area contributed by atoms with Crippen molar-refractivity contribution in [3.8, 4) is 0 Å². The monoisotopic (exact) mass is 520 g/mol. The molecular weight excluding hydrogens is 487 g/mol. The molecule has 0 bridgehead atoms. The van der Waals surface area contributed by atoms with Crippen LogP contribution >= 0.6 is 24.0 Å². The molecule has 1 atom stereocenters. The number of hydrogen-bond donors (Lipinski definition) is 2. The van der Waals surface area contributed by atoms with Crippen LogP contribution in [0, 0.1) is 0 Å². The fourth-order valence-electron chi connectivity index (χ4n) is 4.37. The van der Waals surface area contributed by atoms with E-state index in [1.807, 2.05) is 0 Å². The van der Waals surface area contributed by atoms with Crippen LogP contribution in [0.5, 0.6) is 0 Å². The summed E-state index contributed by atoms with van der Waals surface area (Å²) in [5.74, 6) is 0.483. The Bertz CT molecular complexity index is 870. The highest BCUT2D eigenvalue weighted by atomic mass is 127. The van der Waals surface area contributed by atoms with Gasteiger partial charge in [-0.25, -0.2) is 4.99 Å². The number of guanidine groups is 1. The Kier molecular flexibility index (Phi) is 8.53. The quantitative estimate of drug-likeness (QED) is 0.350. The first-order chi connectivity index (χ1) is 14.2. The van der Waals surface area contributed by atoms with E-state index in [4.69, 9.17) is 10.5 Å². The van der Waals surface area contributed by atoms with Gasteiger partial charge in [-0.1, -0.05) is 36.4 Å². The zero-order valence-electron chi connectivity index (χ0n) is 17.8. The lowest BCUT2D eigenvalue weighted by Gasteiger charge is -2.31. The fourth-order valence-corrected chi connectivity index (χ4v) is 4.37. The van der Waals surface area contributed by atoms with Gasteiger partial charge in [0, 0.05) is 25.3 Å². The number of fused-ring (bicyclic) bond motifs is 1. The molecule has 1 aliphatic heterocycles. The largest absolute Gasteiger partial charge is 0.376 e. The molecule has 1 aliphatic carbocycles. The summed E-state index contributed by atoms with van der Waals surface area (Å²) in [5, 5.41) is 3.33. The third-order valence-electron chi connectivity index (χ3n) is 5.81. The highest BCUT2D eigenvalue weighted by Crippen LogP contribution is 2.27. The molecule has 0 radical (unpaired) electrons. The van der Waals surface area contributed by atoms with E-state index in [0.717, 1.165) is 44.8 Å². The molecule has 1 unspecified atom stereocenters. The van der Waals surface area contributed by atoms with Gasteiger partial charge in [0.15, 0.2) is 5.96 Å². The lowest BCUT2D eigenvalue weighted by Crippen LogP contribution is -2.40. The molecule has 1 saturated heterocycles. The van der Waals surface area contributed by atoms with Crippen LogP contribution in [-0.4, -0.2) is 36.7 Å². The molecule has 30 heavy (non-hydrogen) atoms. The third kappa shape index (κ3) is 6.18. The predicted octanol–water partition coefficient (Wildman–Crippen LogP) is 4.33. The Labute approximate surface area is 197 Å². The Morgan fingerprint density at radius 2 is 1.97 bits per heavy atom. The van der Waals surface area contributed by atoms with Crippen LogP contribution in [0.1, 0.15) is 42.0 Å². The van der Waals surface area contributed by atoms with Gasteiger partial charge in [0.1, 0.15) is 0 Å². The van der Waals surface area contributed by atoms with E-state index in [9.17, 15) is 0 Å². The van der Waals surface area contributed by atoms with Crippen LogP contribution in [0.25, 0.3) is 0 Å². The standard InChI is InChI=1S/C24H32N4O.HI/c1-18-16-28(12-13-29-18)17-20-7-4-6-19(14-20)15-26-24(25)27-23-11-5-9-21-8-2-3-10-22(21)23;/h4-7,9,11,14,18H,2-3,8,10,12-13,15-17H2,1H3,(H3,25,26,27);1H. The highest BCUT2D eigenvalue weighted by molar-refractivity contribution is 14.0. The number of hydrogen-bond acceptors (Lipinski definition) is 3. The summed E-state index contributed by atoms with van der Waals surface area (Å²) in [7, 11) is 0. The number of aryl methyl sites for hydroxylation is 1. The van der Waals surface area contributed by atoms with Crippen LogP contribution in [0.3, 0.4) is 0 Å². The average molecular weight is 520 g/mol. The summed E-state index contributed by atoms with van der Waals surface area (Å²) in [6.07, 6.45) is 5.12. The van der Waals surface area contributed by atoms with Gasteiger partial charge in [-0.2, -0.15) is 0 Å². The Morgan fingerprint density at radius 3 is 2.83 bits per heavy atom. The number of nitrogens with zero attached hydrogens (tertiary/aromatic N) is 2. The van der Waals surface area contributed by atoms with Gasteiger partial charge in [-0.3, -0.25) is 4.90 Å². The molecular formula is C24H33IN4O. The molecule has 1 heterocycles. The van der Waals surface area contributed by atoms with Crippen LogP contribution in [-0.2, 0) is 30.7 Å². The van der Waals surface area contributed by atoms with E-state index in [1.165, 1.54) is 35.1 Å². The van der Waals surface area contributed by atoms with Crippen molar-refractivity contribution in [1.29, 1.82) is 0 Å². The van der Waals surface area contributed by atoms with Gasteiger partial charge in [0.25, 0.3) is 0 Å². The normalized spacial score (nSPS) is 19.6. The molecule has 2 aliphatic rings. The summed E-state index contributed by atoms with van der Waals surface area (Å²) in [6, 6.07) is 15.1. The van der Waals surface area contributed by atoms with Gasteiger partial charge in [0.2, 0.25) is 0 Å². The Hall–Kier alpha value is -1.64. The number of benzene rings is 2. The second-order valence-electron chi connectivity index (χ2n) is 8.21. The van der Waals surface area contributed by atoms with Crippen LogP contribution < -0.4 is 11.1 Å². The van der Waals surface area contributed by atoms with E-state index in [1.54, 1.807) is 0 Å². The Morgan fingerprint density at radius 1 is 1.17 bits per heavy atom. The van der Waals surface area contributed by atoms with Crippen molar-refractivity contribution in [2.45, 2.75) is 51.8 Å². The summed E-state index contributed by atoms with van der Waals surface area (Å²) in [4.78, 5) is 7.04. The van der Waals surface area contributed by atoms with Crippen molar-refractivity contribution in [3.63, 3.8) is 0 Å². The van der Waals surface area contributed by atoms with E-state index in [-0.39, 0.29) is 24.0 Å². The zero-order valence-corrected chi connectivity index (χ0v) is 20.1. The minimum atomic E-state index is 0. The SMILES string of the molecule is CC1CN(Cc2cccc(CN=C(N)Nc3cccc4c3CCCC4)c2)CCO1.I. The van der Waals surface area contributed by atoms with Gasteiger partial charge < -0.3 is 15.8 Å². The van der Waals surface area contributed by atoms with Crippen molar-refractivity contribution in [1.82, 2.24) is 4.90 Å². The maximum Gasteiger partial charge on any atom is 0.193 e. The number of rotatable bonds is 5. The van der Waals surface area contributed by atoms with E-state index < -0.39 is 0 Å². The number of anilines is 1. The first kappa shape index (κ1) is 23.0. The molecule has 0 spiro atoms. The lowest BCUT2D eigenvalue weighted by atomic mass is 9.90. The van der Waals surface area contributed by atoms with E-state index >= 15 is 0 Å². The van der Waals surface area contributed by atoms with Crippen LogP contribution in [0.2, 0.25) is 0 Å². The van der Waals surface area contributed by atoms with Gasteiger partial charge in [-0.05, 0) is 60.9 Å².